The Morgan fingerprint density at radius 1 is 1.38 bits per heavy atom. The second-order valence-corrected chi connectivity index (χ2v) is 7.41. The number of amides is 1. The van der Waals surface area contributed by atoms with Gasteiger partial charge in [0, 0.05) is 44.3 Å². The molecule has 4 heterocycles. The maximum absolute atomic E-state index is 11.3. The number of aryl methyl sites for hydroxylation is 2. The van der Waals surface area contributed by atoms with Gasteiger partial charge in [-0.3, -0.25) is 9.78 Å². The number of hydrogen-bond donors (Lipinski definition) is 1. The van der Waals surface area contributed by atoms with Crippen LogP contribution in [0.15, 0.2) is 30.6 Å². The van der Waals surface area contributed by atoms with Crippen molar-refractivity contribution in [2.45, 2.75) is 25.4 Å². The van der Waals surface area contributed by atoms with E-state index in [-0.39, 0.29) is 19.9 Å². The fourth-order valence-corrected chi connectivity index (χ4v) is 3.85. The van der Waals surface area contributed by atoms with Crippen LogP contribution in [0.25, 0.3) is 22.2 Å². The Kier molecular flexibility index (Phi) is 5.97. The summed E-state index contributed by atoms with van der Waals surface area (Å²) >= 11 is 0. The number of methoxy groups -OCH3 is 1. The number of nitrogens with zero attached hydrogens (tertiary/aromatic N) is 3. The number of carbonyl (C=O) groups excluding carboxylic acids is 1. The fraction of sp³-hybridized carbons (Fsp3) is 0.381. The van der Waals surface area contributed by atoms with Gasteiger partial charge in [-0.2, -0.15) is 13.5 Å². The van der Waals surface area contributed by atoms with Crippen LogP contribution in [0, 0.1) is 6.92 Å². The normalized spacial score (nSPS) is 18.7. The van der Waals surface area contributed by atoms with Gasteiger partial charge in [0.2, 0.25) is 5.91 Å². The van der Waals surface area contributed by atoms with Crippen LogP contribution in [-0.2, 0) is 33.3 Å². The van der Waals surface area contributed by atoms with Crippen molar-refractivity contribution in [3.63, 3.8) is 0 Å². The Balaban J connectivity index is 0.00000240. The molecule has 7 nitrogen and oxygen atoms in total. The van der Waals surface area contributed by atoms with Gasteiger partial charge in [-0.1, -0.05) is 0 Å². The third-order valence-electron chi connectivity index (χ3n) is 5.38. The van der Waals surface area contributed by atoms with E-state index < -0.39 is 11.5 Å². The first kappa shape index (κ1) is 21.3. The average molecular weight is 415 g/mol. The van der Waals surface area contributed by atoms with Crippen molar-refractivity contribution in [1.82, 2.24) is 14.5 Å². The summed E-state index contributed by atoms with van der Waals surface area (Å²) in [5, 5.41) is 0.993. The molecular weight excluding hydrogens is 388 g/mol. The summed E-state index contributed by atoms with van der Waals surface area (Å²) in [4.78, 5) is 20.6. The van der Waals surface area contributed by atoms with E-state index >= 15 is 0 Å². The highest BCUT2D eigenvalue weighted by Crippen LogP contribution is 2.36. The molecule has 4 rings (SSSR count). The van der Waals surface area contributed by atoms with E-state index in [0.29, 0.717) is 18.9 Å². The summed E-state index contributed by atoms with van der Waals surface area (Å²) in [6, 6.07) is 6.04. The molecule has 1 amide bonds. The molecule has 0 unspecified atom stereocenters. The minimum absolute atomic E-state index is 0. The largest absolute Gasteiger partial charge is 0.378 e. The smallest absolute Gasteiger partial charge is 0.223 e. The van der Waals surface area contributed by atoms with Crippen molar-refractivity contribution < 1.29 is 14.3 Å². The van der Waals surface area contributed by atoms with Crippen LogP contribution in [0.1, 0.15) is 23.4 Å². The molecule has 0 bridgehead atoms. The highest BCUT2D eigenvalue weighted by Gasteiger charge is 2.38. The highest BCUT2D eigenvalue weighted by molar-refractivity contribution is 7.59. The van der Waals surface area contributed by atoms with E-state index in [1.807, 2.05) is 23.9 Å². The SMILES string of the molecule is CO[C@]1(c2cc(C)cc(-c3cn(C)c4cnc(CC(N)=O)cc34)n2)CCOC1.S. The molecule has 1 saturated heterocycles. The van der Waals surface area contributed by atoms with Gasteiger partial charge in [-0.25, -0.2) is 4.98 Å². The molecule has 0 radical (unpaired) electrons. The zero-order chi connectivity index (χ0) is 19.9. The molecule has 3 aromatic heterocycles. The maximum Gasteiger partial charge on any atom is 0.223 e. The first-order valence-corrected chi connectivity index (χ1v) is 9.26. The fourth-order valence-electron chi connectivity index (χ4n) is 3.85. The minimum atomic E-state index is -0.510. The Bertz CT molecular complexity index is 1060. The van der Waals surface area contributed by atoms with Crippen molar-refractivity contribution in [2.75, 3.05) is 20.3 Å². The van der Waals surface area contributed by atoms with Crippen molar-refractivity contribution in [3.05, 3.63) is 47.5 Å². The molecule has 29 heavy (non-hydrogen) atoms. The maximum atomic E-state index is 11.3. The molecule has 0 aromatic carbocycles. The second kappa shape index (κ2) is 8.14. The first-order valence-electron chi connectivity index (χ1n) is 9.26. The van der Waals surface area contributed by atoms with E-state index in [4.69, 9.17) is 20.2 Å². The van der Waals surface area contributed by atoms with E-state index in [0.717, 1.165) is 39.8 Å². The van der Waals surface area contributed by atoms with Gasteiger partial charge in [-0.15, -0.1) is 0 Å². The summed E-state index contributed by atoms with van der Waals surface area (Å²) in [5.74, 6) is -0.399. The standard InChI is InChI=1S/C21H24N4O3.H2S/c1-13-6-17(24-19(7-13)21(27-3)4-5-28-12-21)16-11-25(2)18-10-23-14(8-15(16)18)9-20(22)26;/h6-8,10-11H,4-5,9,12H2,1-3H3,(H2,22,26);1H2/t21-;/m1./s1. The lowest BCUT2D eigenvalue weighted by atomic mass is 9.95. The Hall–Kier alpha value is -2.42. The molecule has 0 aliphatic carbocycles. The molecule has 0 spiro atoms. The van der Waals surface area contributed by atoms with Crippen LogP contribution in [0.2, 0.25) is 0 Å². The topological polar surface area (TPSA) is 92.3 Å². The summed E-state index contributed by atoms with van der Waals surface area (Å²) in [6.45, 7) is 3.22. The van der Waals surface area contributed by atoms with Crippen molar-refractivity contribution >= 4 is 30.3 Å². The van der Waals surface area contributed by atoms with Gasteiger partial charge in [-0.05, 0) is 30.7 Å². The van der Waals surface area contributed by atoms with Gasteiger partial charge in [0.25, 0.3) is 0 Å². The van der Waals surface area contributed by atoms with Crippen molar-refractivity contribution in [2.24, 2.45) is 12.8 Å². The van der Waals surface area contributed by atoms with Crippen LogP contribution >= 0.6 is 13.5 Å². The number of primary amides is 1. The van der Waals surface area contributed by atoms with Crippen molar-refractivity contribution in [3.8, 4) is 11.3 Å². The van der Waals surface area contributed by atoms with Crippen LogP contribution in [0.3, 0.4) is 0 Å². The Labute approximate surface area is 176 Å². The van der Waals surface area contributed by atoms with Crippen LogP contribution in [0.5, 0.6) is 0 Å². The summed E-state index contributed by atoms with van der Waals surface area (Å²) < 4.78 is 13.4. The van der Waals surface area contributed by atoms with Gasteiger partial charge >= 0.3 is 0 Å². The summed E-state index contributed by atoms with van der Waals surface area (Å²) in [7, 11) is 3.68. The van der Waals surface area contributed by atoms with Crippen LogP contribution < -0.4 is 5.73 Å². The third kappa shape index (κ3) is 3.88. The highest BCUT2D eigenvalue weighted by atomic mass is 32.1. The molecule has 1 atom stereocenters. The molecule has 0 saturated carbocycles. The molecule has 2 N–H and O–H groups in total. The molecule has 1 aliphatic heterocycles. The Morgan fingerprint density at radius 2 is 2.17 bits per heavy atom. The molecular formula is C21H26N4O3S. The Morgan fingerprint density at radius 3 is 2.83 bits per heavy atom. The van der Waals surface area contributed by atoms with E-state index in [1.165, 1.54) is 0 Å². The summed E-state index contributed by atoms with van der Waals surface area (Å²) in [5.41, 5.74) is 10.3. The van der Waals surface area contributed by atoms with Gasteiger partial charge < -0.3 is 19.8 Å². The zero-order valence-corrected chi connectivity index (χ0v) is 17.9. The molecule has 1 aliphatic rings. The lowest BCUT2D eigenvalue weighted by Crippen LogP contribution is -2.30. The number of aromatic nitrogens is 3. The monoisotopic (exact) mass is 414 g/mol. The quantitative estimate of drug-likeness (QED) is 0.692. The molecule has 3 aromatic rings. The number of hydrogen-bond acceptors (Lipinski definition) is 5. The predicted octanol–water partition coefficient (Wildman–Crippen LogP) is 2.35. The first-order chi connectivity index (χ1) is 13.4. The average Bonchev–Trinajstić information content (AvgIpc) is 3.26. The number of pyridine rings is 2. The van der Waals surface area contributed by atoms with Crippen molar-refractivity contribution in [1.29, 1.82) is 0 Å². The minimum Gasteiger partial charge on any atom is -0.378 e. The molecule has 8 heteroatoms. The van der Waals surface area contributed by atoms with Crippen LogP contribution in [-0.4, -0.2) is 40.8 Å². The molecule has 1 fully saturated rings. The van der Waals surface area contributed by atoms with Gasteiger partial charge in [0.1, 0.15) is 5.60 Å². The summed E-state index contributed by atoms with van der Waals surface area (Å²) in [6.07, 6.45) is 4.70. The van der Waals surface area contributed by atoms with E-state index in [1.54, 1.807) is 13.3 Å². The lowest BCUT2D eigenvalue weighted by Gasteiger charge is -2.26. The number of fused-ring (bicyclic) bond motifs is 1. The van der Waals surface area contributed by atoms with E-state index in [9.17, 15) is 4.79 Å². The number of ether oxygens (including phenoxy) is 2. The predicted molar refractivity (Wildman–Crippen MR) is 116 cm³/mol. The number of nitrogens with two attached hydrogens (primary N) is 1. The van der Waals surface area contributed by atoms with Gasteiger partial charge in [0.05, 0.1) is 41.8 Å². The molecule has 154 valence electrons. The van der Waals surface area contributed by atoms with E-state index in [2.05, 4.69) is 24.0 Å². The van der Waals surface area contributed by atoms with Gasteiger partial charge in [0.15, 0.2) is 0 Å². The number of rotatable bonds is 5. The number of carbonyl (C=O) groups is 1. The lowest BCUT2D eigenvalue weighted by molar-refractivity contribution is -0.117. The second-order valence-electron chi connectivity index (χ2n) is 7.41. The third-order valence-corrected chi connectivity index (χ3v) is 5.38. The zero-order valence-electron chi connectivity index (χ0n) is 16.9. The van der Waals surface area contributed by atoms with Crippen LogP contribution in [0.4, 0.5) is 0 Å².